The van der Waals surface area contributed by atoms with Gasteiger partial charge in [0, 0.05) is 6.67 Å². The lowest BCUT2D eigenvalue weighted by molar-refractivity contribution is 0.384. The number of nitrogens with two attached hydrogens (primary N) is 1. The van der Waals surface area contributed by atoms with Gasteiger partial charge in [-0.1, -0.05) is 13.8 Å². The molecule has 11 heavy (non-hydrogen) atoms. The highest BCUT2D eigenvalue weighted by molar-refractivity contribution is 4.90. The SMILES string of the molecule is CCNC(NCN)C1CC1C. The minimum absolute atomic E-state index is 0.444. The average Bonchev–Trinajstić information content (AvgIpc) is 2.67. The molecule has 1 saturated carbocycles. The molecule has 3 nitrogen and oxygen atoms in total. The van der Waals surface area contributed by atoms with Crippen molar-refractivity contribution in [3.63, 3.8) is 0 Å². The van der Waals surface area contributed by atoms with Crippen LogP contribution < -0.4 is 16.4 Å². The summed E-state index contributed by atoms with van der Waals surface area (Å²) in [5, 5.41) is 6.63. The second kappa shape index (κ2) is 4.04. The molecule has 0 aromatic heterocycles. The molecule has 0 radical (unpaired) electrons. The van der Waals surface area contributed by atoms with E-state index >= 15 is 0 Å². The first kappa shape index (κ1) is 8.97. The summed E-state index contributed by atoms with van der Waals surface area (Å²) in [6, 6.07) is 0. The Morgan fingerprint density at radius 3 is 2.55 bits per heavy atom. The van der Waals surface area contributed by atoms with Gasteiger partial charge in [0.1, 0.15) is 0 Å². The fourth-order valence-electron chi connectivity index (χ4n) is 1.54. The van der Waals surface area contributed by atoms with Crippen LogP contribution in [0.25, 0.3) is 0 Å². The third-order valence-corrected chi connectivity index (χ3v) is 2.36. The van der Waals surface area contributed by atoms with Gasteiger partial charge in [0.25, 0.3) is 0 Å². The first-order chi connectivity index (χ1) is 5.29. The molecule has 0 aliphatic heterocycles. The number of nitrogens with one attached hydrogen (secondary N) is 2. The van der Waals surface area contributed by atoms with Crippen molar-refractivity contribution in [3.05, 3.63) is 0 Å². The highest BCUT2D eigenvalue weighted by Gasteiger charge is 2.38. The standard InChI is InChI=1S/C8H19N3/c1-3-10-8(11-5-9)7-4-6(7)2/h6-8,10-11H,3-5,9H2,1-2H3. The van der Waals surface area contributed by atoms with Crippen molar-refractivity contribution in [2.45, 2.75) is 26.4 Å². The van der Waals surface area contributed by atoms with E-state index in [4.69, 9.17) is 5.73 Å². The van der Waals surface area contributed by atoms with Crippen LogP contribution in [-0.4, -0.2) is 19.4 Å². The van der Waals surface area contributed by atoms with Gasteiger partial charge in [-0.3, -0.25) is 5.32 Å². The van der Waals surface area contributed by atoms with Crippen molar-refractivity contribution in [1.29, 1.82) is 0 Å². The Morgan fingerprint density at radius 2 is 2.18 bits per heavy atom. The minimum Gasteiger partial charge on any atom is -0.318 e. The zero-order chi connectivity index (χ0) is 8.27. The molecule has 3 atom stereocenters. The molecular formula is C8H19N3. The summed E-state index contributed by atoms with van der Waals surface area (Å²) >= 11 is 0. The van der Waals surface area contributed by atoms with Crippen LogP contribution in [0.3, 0.4) is 0 Å². The van der Waals surface area contributed by atoms with Gasteiger partial charge in [0.05, 0.1) is 6.17 Å². The molecule has 0 saturated heterocycles. The van der Waals surface area contributed by atoms with Crippen molar-refractivity contribution < 1.29 is 0 Å². The first-order valence-corrected chi connectivity index (χ1v) is 4.46. The van der Waals surface area contributed by atoms with Gasteiger partial charge in [-0.2, -0.15) is 0 Å². The van der Waals surface area contributed by atoms with Crippen molar-refractivity contribution >= 4 is 0 Å². The summed E-state index contributed by atoms with van der Waals surface area (Å²) in [6.45, 7) is 5.99. The molecule has 1 aliphatic carbocycles. The fraction of sp³-hybridized carbons (Fsp3) is 1.00. The first-order valence-electron chi connectivity index (χ1n) is 4.46. The lowest BCUT2D eigenvalue weighted by Crippen LogP contribution is -2.46. The summed E-state index contributed by atoms with van der Waals surface area (Å²) in [7, 11) is 0. The third kappa shape index (κ3) is 2.43. The quantitative estimate of drug-likeness (QED) is 0.495. The smallest absolute Gasteiger partial charge is 0.0613 e. The summed E-state index contributed by atoms with van der Waals surface area (Å²) in [6.07, 6.45) is 1.78. The third-order valence-electron chi connectivity index (χ3n) is 2.36. The molecule has 1 rings (SSSR count). The van der Waals surface area contributed by atoms with Crippen LogP contribution >= 0.6 is 0 Å². The molecule has 0 aromatic rings. The molecule has 4 N–H and O–H groups in total. The molecule has 3 heteroatoms. The lowest BCUT2D eigenvalue weighted by atomic mass is 10.2. The highest BCUT2D eigenvalue weighted by atomic mass is 15.2. The van der Waals surface area contributed by atoms with Gasteiger partial charge in [0.2, 0.25) is 0 Å². The summed E-state index contributed by atoms with van der Waals surface area (Å²) in [5.41, 5.74) is 5.42. The Morgan fingerprint density at radius 1 is 1.55 bits per heavy atom. The van der Waals surface area contributed by atoms with E-state index in [1.54, 1.807) is 0 Å². The van der Waals surface area contributed by atoms with Gasteiger partial charge >= 0.3 is 0 Å². The average molecular weight is 157 g/mol. The molecule has 3 unspecified atom stereocenters. The van der Waals surface area contributed by atoms with Crippen LogP contribution in [0.4, 0.5) is 0 Å². The molecule has 0 aromatic carbocycles. The van der Waals surface area contributed by atoms with Gasteiger partial charge in [0.15, 0.2) is 0 Å². The van der Waals surface area contributed by atoms with Crippen molar-refractivity contribution in [1.82, 2.24) is 10.6 Å². The van der Waals surface area contributed by atoms with Crippen LogP contribution in [0.2, 0.25) is 0 Å². The fourth-order valence-corrected chi connectivity index (χ4v) is 1.54. The number of hydrogen-bond acceptors (Lipinski definition) is 3. The summed E-state index contributed by atoms with van der Waals surface area (Å²) in [5.74, 6) is 1.68. The van der Waals surface area contributed by atoms with E-state index < -0.39 is 0 Å². The predicted octanol–water partition coefficient (Wildman–Crippen LogP) is 0.0838. The highest BCUT2D eigenvalue weighted by Crippen LogP contribution is 2.39. The predicted molar refractivity (Wildman–Crippen MR) is 46.9 cm³/mol. The van der Waals surface area contributed by atoms with E-state index in [1.165, 1.54) is 6.42 Å². The molecule has 0 heterocycles. The largest absolute Gasteiger partial charge is 0.318 e. The van der Waals surface area contributed by atoms with Crippen molar-refractivity contribution in [2.75, 3.05) is 13.2 Å². The van der Waals surface area contributed by atoms with Crippen molar-refractivity contribution in [3.8, 4) is 0 Å². The monoisotopic (exact) mass is 157 g/mol. The maximum atomic E-state index is 5.42. The maximum absolute atomic E-state index is 5.42. The van der Waals surface area contributed by atoms with Crippen LogP contribution in [0.1, 0.15) is 20.3 Å². The molecule has 1 aliphatic rings. The van der Waals surface area contributed by atoms with E-state index in [2.05, 4.69) is 24.5 Å². The second-order valence-corrected chi connectivity index (χ2v) is 3.32. The topological polar surface area (TPSA) is 50.1 Å². The zero-order valence-electron chi connectivity index (χ0n) is 7.43. The Bertz CT molecular complexity index is 110. The van der Waals surface area contributed by atoms with Crippen molar-refractivity contribution in [2.24, 2.45) is 17.6 Å². The maximum Gasteiger partial charge on any atom is 0.0613 e. The molecule has 0 bridgehead atoms. The Kier molecular flexibility index (Phi) is 3.30. The summed E-state index contributed by atoms with van der Waals surface area (Å²) < 4.78 is 0. The van der Waals surface area contributed by atoms with E-state index in [0.29, 0.717) is 12.8 Å². The Balaban J connectivity index is 2.22. The second-order valence-electron chi connectivity index (χ2n) is 3.32. The van der Waals surface area contributed by atoms with Gasteiger partial charge in [-0.15, -0.1) is 0 Å². The number of hydrogen-bond donors (Lipinski definition) is 3. The minimum atomic E-state index is 0.444. The molecule has 0 spiro atoms. The summed E-state index contributed by atoms with van der Waals surface area (Å²) in [4.78, 5) is 0. The van der Waals surface area contributed by atoms with Gasteiger partial charge in [-0.05, 0) is 24.8 Å². The molecule has 66 valence electrons. The molecular weight excluding hydrogens is 138 g/mol. The van der Waals surface area contributed by atoms with Crippen LogP contribution in [0.15, 0.2) is 0 Å². The Hall–Kier alpha value is -0.120. The lowest BCUT2D eigenvalue weighted by Gasteiger charge is -2.17. The van der Waals surface area contributed by atoms with Gasteiger partial charge < -0.3 is 11.1 Å². The normalized spacial score (nSPS) is 31.9. The van der Waals surface area contributed by atoms with Crippen LogP contribution in [0, 0.1) is 11.8 Å². The van der Waals surface area contributed by atoms with Crippen LogP contribution in [-0.2, 0) is 0 Å². The zero-order valence-corrected chi connectivity index (χ0v) is 7.43. The van der Waals surface area contributed by atoms with Gasteiger partial charge in [-0.25, -0.2) is 0 Å². The van der Waals surface area contributed by atoms with E-state index in [0.717, 1.165) is 18.4 Å². The van der Waals surface area contributed by atoms with E-state index in [9.17, 15) is 0 Å². The van der Waals surface area contributed by atoms with Crippen LogP contribution in [0.5, 0.6) is 0 Å². The Labute approximate surface area is 68.7 Å². The van der Waals surface area contributed by atoms with E-state index in [1.807, 2.05) is 0 Å². The number of rotatable bonds is 5. The van der Waals surface area contributed by atoms with E-state index in [-0.39, 0.29) is 0 Å². The molecule has 0 amide bonds. The molecule has 1 fully saturated rings.